The van der Waals surface area contributed by atoms with Gasteiger partial charge in [0.25, 0.3) is 0 Å². The van der Waals surface area contributed by atoms with Gasteiger partial charge in [-0.2, -0.15) is 0 Å². The molecule has 0 aliphatic heterocycles. The Morgan fingerprint density at radius 3 is 2.50 bits per heavy atom. The molecule has 1 aromatic heterocycles. The van der Waals surface area contributed by atoms with E-state index in [1.807, 2.05) is 0 Å². The Labute approximate surface area is 186 Å². The van der Waals surface area contributed by atoms with Crippen molar-refractivity contribution in [3.63, 3.8) is 0 Å². The maximum Gasteiger partial charge on any atom is 0.242 e. The lowest BCUT2D eigenvalue weighted by molar-refractivity contribution is 0.582. The van der Waals surface area contributed by atoms with Gasteiger partial charge >= 0.3 is 0 Å². The second-order valence-corrected chi connectivity index (χ2v) is 11.7. The molecule has 0 fully saturated rings. The molecule has 0 spiro atoms. The molecule has 3 rings (SSSR count). The van der Waals surface area contributed by atoms with Crippen molar-refractivity contribution in [2.45, 2.75) is 4.90 Å². The molecule has 2 N–H and O–H groups in total. The third kappa shape index (κ3) is 5.46. The van der Waals surface area contributed by atoms with Crippen LogP contribution in [0.1, 0.15) is 0 Å². The summed E-state index contributed by atoms with van der Waals surface area (Å²) in [6.45, 7) is -0.276. The lowest BCUT2D eigenvalue weighted by Crippen LogP contribution is -2.29. The summed E-state index contributed by atoms with van der Waals surface area (Å²) >= 11 is 9.15. The number of sulfonamides is 1. The molecule has 0 saturated heterocycles. The Bertz CT molecular complexity index is 1310. The van der Waals surface area contributed by atoms with Gasteiger partial charge in [0.05, 0.1) is 27.1 Å². The summed E-state index contributed by atoms with van der Waals surface area (Å²) in [6.07, 6.45) is 2.52. The minimum Gasteiger partial charge on any atom is -0.338 e. The number of rotatable bonds is 7. The zero-order valence-electron chi connectivity index (χ0n) is 15.5. The van der Waals surface area contributed by atoms with Crippen LogP contribution in [-0.4, -0.2) is 45.4 Å². The number of nitrogens with one attached hydrogen (secondary N) is 2. The lowest BCUT2D eigenvalue weighted by Gasteiger charge is -2.09. The van der Waals surface area contributed by atoms with Gasteiger partial charge in [-0.15, -0.1) is 0 Å². The van der Waals surface area contributed by atoms with E-state index in [0.29, 0.717) is 27.1 Å². The second kappa shape index (κ2) is 8.75. The number of hydrogen-bond acceptors (Lipinski definition) is 5. The van der Waals surface area contributed by atoms with Crippen molar-refractivity contribution in [2.75, 3.05) is 18.6 Å². The van der Waals surface area contributed by atoms with Gasteiger partial charge in [0.15, 0.2) is 0 Å². The fourth-order valence-corrected chi connectivity index (χ4v) is 4.98. The summed E-state index contributed by atoms with van der Waals surface area (Å²) in [7, 11) is -7.37. The Kier molecular flexibility index (Phi) is 6.68. The lowest BCUT2D eigenvalue weighted by atomic mass is 10.2. The number of halogens is 3. The van der Waals surface area contributed by atoms with Gasteiger partial charge in [-0.25, -0.2) is 30.9 Å². The zero-order chi connectivity index (χ0) is 22.1. The first kappa shape index (κ1) is 22.9. The van der Waals surface area contributed by atoms with E-state index in [2.05, 4.69) is 30.6 Å². The minimum atomic E-state index is -4.04. The fourth-order valence-electron chi connectivity index (χ4n) is 2.57. The van der Waals surface area contributed by atoms with E-state index < -0.39 is 25.7 Å². The molecule has 30 heavy (non-hydrogen) atoms. The highest BCUT2D eigenvalue weighted by Crippen LogP contribution is 2.29. The van der Waals surface area contributed by atoms with E-state index in [9.17, 15) is 21.2 Å². The van der Waals surface area contributed by atoms with Gasteiger partial charge < -0.3 is 4.98 Å². The van der Waals surface area contributed by atoms with E-state index in [1.54, 1.807) is 18.2 Å². The van der Waals surface area contributed by atoms with Crippen LogP contribution in [0.25, 0.3) is 22.6 Å². The number of imidazole rings is 1. The number of hydrogen-bond donors (Lipinski definition) is 2. The highest BCUT2D eigenvalue weighted by Gasteiger charge is 2.20. The van der Waals surface area contributed by atoms with Crippen molar-refractivity contribution < 1.29 is 21.2 Å². The molecule has 0 aliphatic carbocycles. The third-order valence-electron chi connectivity index (χ3n) is 4.07. The first-order chi connectivity index (χ1) is 14.0. The number of aromatic amines is 1. The van der Waals surface area contributed by atoms with E-state index in [0.717, 1.165) is 6.26 Å². The quantitative estimate of drug-likeness (QED) is 0.479. The minimum absolute atomic E-state index is 0.0210. The van der Waals surface area contributed by atoms with E-state index in [1.165, 1.54) is 24.4 Å². The van der Waals surface area contributed by atoms with Crippen molar-refractivity contribution in [2.24, 2.45) is 0 Å². The molecule has 3 aromatic rings. The average molecular weight is 537 g/mol. The number of sulfone groups is 1. The molecule has 0 saturated carbocycles. The topological polar surface area (TPSA) is 109 Å². The highest BCUT2D eigenvalue weighted by atomic mass is 79.9. The molecule has 0 unspecified atom stereocenters. The molecule has 2 aromatic carbocycles. The molecule has 0 bridgehead atoms. The van der Waals surface area contributed by atoms with Crippen LogP contribution in [0.5, 0.6) is 0 Å². The molecular weight excluding hydrogens is 521 g/mol. The Morgan fingerprint density at radius 2 is 1.83 bits per heavy atom. The van der Waals surface area contributed by atoms with Gasteiger partial charge in [-0.3, -0.25) is 0 Å². The summed E-state index contributed by atoms with van der Waals surface area (Å²) in [5.74, 6) is -0.407. The summed E-state index contributed by atoms with van der Waals surface area (Å²) in [5.41, 5.74) is 1.55. The summed E-state index contributed by atoms with van der Waals surface area (Å²) in [6, 6.07) is 8.93. The predicted molar refractivity (Wildman–Crippen MR) is 117 cm³/mol. The Morgan fingerprint density at radius 1 is 1.13 bits per heavy atom. The molecule has 12 heteroatoms. The van der Waals surface area contributed by atoms with Crippen LogP contribution in [0, 0.1) is 5.82 Å². The predicted octanol–water partition coefficient (Wildman–Crippen LogP) is 3.62. The van der Waals surface area contributed by atoms with E-state index >= 15 is 0 Å². The molecule has 160 valence electrons. The molecule has 0 atom stereocenters. The van der Waals surface area contributed by atoms with Gasteiger partial charge in [0.2, 0.25) is 10.0 Å². The molecule has 0 radical (unpaired) electrons. The van der Waals surface area contributed by atoms with Crippen molar-refractivity contribution in [1.29, 1.82) is 0 Å². The standard InChI is InChI=1S/C18H16BrClFN3O4S2/c1-29(25,26)7-6-23-30(27,28)17-9-12(3-5-14(17)20)18-22-10-16(24-18)11-2-4-13(19)15(21)8-11/h2-5,8-10,23H,6-7H2,1H3,(H,22,24). The van der Waals surface area contributed by atoms with Crippen LogP contribution < -0.4 is 4.72 Å². The number of nitrogens with zero attached hydrogens (tertiary/aromatic N) is 1. The fraction of sp³-hybridized carbons (Fsp3) is 0.167. The SMILES string of the molecule is CS(=O)(=O)CCNS(=O)(=O)c1cc(-c2ncc(-c3ccc(Br)c(F)c3)[nH]2)ccc1Cl. The van der Waals surface area contributed by atoms with Gasteiger partial charge in [0.1, 0.15) is 26.4 Å². The molecule has 1 heterocycles. The van der Waals surface area contributed by atoms with E-state index in [4.69, 9.17) is 11.6 Å². The maximum atomic E-state index is 13.8. The van der Waals surface area contributed by atoms with Crippen LogP contribution in [0.15, 0.2) is 52.0 Å². The van der Waals surface area contributed by atoms with Gasteiger partial charge in [-0.05, 0) is 46.3 Å². The van der Waals surface area contributed by atoms with Crippen molar-refractivity contribution in [3.05, 3.63) is 57.9 Å². The number of benzene rings is 2. The van der Waals surface area contributed by atoms with Crippen LogP contribution in [0.2, 0.25) is 5.02 Å². The van der Waals surface area contributed by atoms with Crippen molar-refractivity contribution in [3.8, 4) is 22.6 Å². The molecular formula is C18H16BrClFN3O4S2. The zero-order valence-corrected chi connectivity index (χ0v) is 19.5. The van der Waals surface area contributed by atoms with Crippen LogP contribution in [0.4, 0.5) is 4.39 Å². The smallest absolute Gasteiger partial charge is 0.242 e. The molecule has 7 nitrogen and oxygen atoms in total. The van der Waals surface area contributed by atoms with Crippen LogP contribution in [-0.2, 0) is 19.9 Å². The Hall–Kier alpha value is -1.79. The maximum absolute atomic E-state index is 13.8. The average Bonchev–Trinajstić information content (AvgIpc) is 3.13. The second-order valence-electron chi connectivity index (χ2n) is 6.45. The van der Waals surface area contributed by atoms with Crippen molar-refractivity contribution in [1.82, 2.24) is 14.7 Å². The van der Waals surface area contributed by atoms with Crippen molar-refractivity contribution >= 4 is 47.4 Å². The van der Waals surface area contributed by atoms with Gasteiger partial charge in [0, 0.05) is 23.9 Å². The van der Waals surface area contributed by atoms with Crippen LogP contribution in [0.3, 0.4) is 0 Å². The molecule has 0 amide bonds. The third-order valence-corrected chi connectivity index (χ3v) is 7.60. The Balaban J connectivity index is 1.90. The molecule has 0 aliphatic rings. The monoisotopic (exact) mass is 535 g/mol. The van der Waals surface area contributed by atoms with Crippen LogP contribution >= 0.6 is 27.5 Å². The highest BCUT2D eigenvalue weighted by molar-refractivity contribution is 9.10. The number of H-pyrrole nitrogens is 1. The summed E-state index contributed by atoms with van der Waals surface area (Å²) in [5, 5.41) is -0.0210. The normalized spacial score (nSPS) is 12.3. The summed E-state index contributed by atoms with van der Waals surface area (Å²) in [4.78, 5) is 7.05. The number of aromatic nitrogens is 2. The summed E-state index contributed by atoms with van der Waals surface area (Å²) < 4.78 is 63.9. The largest absolute Gasteiger partial charge is 0.338 e. The van der Waals surface area contributed by atoms with Gasteiger partial charge in [-0.1, -0.05) is 17.7 Å². The first-order valence-corrected chi connectivity index (χ1v) is 13.2. The first-order valence-electron chi connectivity index (χ1n) is 8.44. The van der Waals surface area contributed by atoms with E-state index in [-0.39, 0.29) is 22.2 Å².